The van der Waals surface area contributed by atoms with E-state index in [1.807, 2.05) is 60.7 Å². The molecule has 1 atom stereocenters. The summed E-state index contributed by atoms with van der Waals surface area (Å²) in [6.45, 7) is -0.232. The Bertz CT molecular complexity index is 870. The predicted molar refractivity (Wildman–Crippen MR) is 111 cm³/mol. The number of hydrogen-bond donors (Lipinski definition) is 2. The van der Waals surface area contributed by atoms with Crippen molar-refractivity contribution in [3.63, 3.8) is 0 Å². The molecule has 9 heteroatoms. The minimum absolute atomic E-state index is 0.0105. The number of nitrogens with zero attached hydrogens (tertiary/aromatic N) is 3. The van der Waals surface area contributed by atoms with E-state index in [-0.39, 0.29) is 30.5 Å². The fraction of sp³-hybridized carbons (Fsp3) is 0.250. The summed E-state index contributed by atoms with van der Waals surface area (Å²) in [7, 11) is 0. The Morgan fingerprint density at radius 1 is 1.00 bits per heavy atom. The zero-order chi connectivity index (χ0) is 20.9. The predicted octanol–water partition coefficient (Wildman–Crippen LogP) is 2.85. The molecule has 0 saturated heterocycles. The van der Waals surface area contributed by atoms with Crippen LogP contribution in [0, 0.1) is 0 Å². The fourth-order valence-corrected chi connectivity index (χ4v) is 3.26. The highest BCUT2D eigenvalue weighted by atomic mass is 32.2. The van der Waals surface area contributed by atoms with Crippen molar-refractivity contribution in [3.8, 4) is 0 Å². The molecule has 0 aliphatic rings. The van der Waals surface area contributed by atoms with Crippen molar-refractivity contribution in [2.45, 2.75) is 23.8 Å². The van der Waals surface area contributed by atoms with Crippen molar-refractivity contribution in [2.24, 2.45) is 5.11 Å². The standard InChI is InChI=1S/C20H21N5O3S/c21-25-23-14-19(27)22-12-11-18(26)24-17(13-15-7-3-1-4-8-15)20(28)29-16-9-5-2-6-10-16/h1-10,17H,11-14H2,(H,22,27)(H,24,26)/t17-/m0/s1. The molecule has 29 heavy (non-hydrogen) atoms. The maximum atomic E-state index is 12.8. The van der Waals surface area contributed by atoms with Gasteiger partial charge in [0.05, 0.1) is 0 Å². The highest BCUT2D eigenvalue weighted by Crippen LogP contribution is 2.21. The van der Waals surface area contributed by atoms with E-state index < -0.39 is 11.9 Å². The number of benzene rings is 2. The maximum Gasteiger partial charge on any atom is 0.225 e. The van der Waals surface area contributed by atoms with E-state index in [9.17, 15) is 14.4 Å². The highest BCUT2D eigenvalue weighted by molar-refractivity contribution is 8.13. The first-order valence-corrected chi connectivity index (χ1v) is 9.77. The van der Waals surface area contributed by atoms with Crippen LogP contribution in [0.3, 0.4) is 0 Å². The molecule has 150 valence electrons. The first-order valence-electron chi connectivity index (χ1n) is 8.96. The Morgan fingerprint density at radius 3 is 2.31 bits per heavy atom. The van der Waals surface area contributed by atoms with Gasteiger partial charge in [-0.3, -0.25) is 14.4 Å². The summed E-state index contributed by atoms with van der Waals surface area (Å²) < 4.78 is 0. The van der Waals surface area contributed by atoms with Crippen LogP contribution in [0.1, 0.15) is 12.0 Å². The molecule has 2 aromatic rings. The van der Waals surface area contributed by atoms with E-state index in [2.05, 4.69) is 20.7 Å². The lowest BCUT2D eigenvalue weighted by Crippen LogP contribution is -2.42. The quantitative estimate of drug-likeness (QED) is 0.270. The van der Waals surface area contributed by atoms with E-state index in [0.717, 1.165) is 22.2 Å². The summed E-state index contributed by atoms with van der Waals surface area (Å²) >= 11 is 1.08. The monoisotopic (exact) mass is 411 g/mol. The van der Waals surface area contributed by atoms with E-state index in [4.69, 9.17) is 5.53 Å². The largest absolute Gasteiger partial charge is 0.355 e. The molecular weight excluding hydrogens is 390 g/mol. The average molecular weight is 411 g/mol. The number of hydrogen-bond acceptors (Lipinski definition) is 5. The minimum atomic E-state index is -0.700. The molecule has 0 aliphatic heterocycles. The second kappa shape index (κ2) is 12.2. The van der Waals surface area contributed by atoms with E-state index in [1.54, 1.807) is 0 Å². The van der Waals surface area contributed by atoms with Crippen molar-refractivity contribution < 1.29 is 14.4 Å². The Morgan fingerprint density at radius 2 is 1.66 bits per heavy atom. The summed E-state index contributed by atoms with van der Waals surface area (Å²) in [5, 5.41) is 8.23. The third-order valence-electron chi connectivity index (χ3n) is 3.82. The van der Waals surface area contributed by atoms with E-state index in [1.165, 1.54) is 0 Å². The molecule has 2 aromatic carbocycles. The topological polar surface area (TPSA) is 124 Å². The van der Waals surface area contributed by atoms with Gasteiger partial charge in [0.1, 0.15) is 12.6 Å². The molecule has 2 rings (SSSR count). The van der Waals surface area contributed by atoms with Gasteiger partial charge in [-0.1, -0.05) is 53.6 Å². The first-order chi connectivity index (χ1) is 14.1. The van der Waals surface area contributed by atoms with Crippen molar-refractivity contribution >= 4 is 28.7 Å². The van der Waals surface area contributed by atoms with Crippen molar-refractivity contribution in [3.05, 3.63) is 76.7 Å². The molecule has 0 aromatic heterocycles. The number of azide groups is 1. The van der Waals surface area contributed by atoms with Gasteiger partial charge in [-0.05, 0) is 35.0 Å². The van der Waals surface area contributed by atoms with Crippen molar-refractivity contribution in [1.29, 1.82) is 0 Å². The molecule has 2 amide bonds. The Labute approximate surface area is 172 Å². The molecule has 0 aliphatic carbocycles. The molecule has 0 spiro atoms. The van der Waals surface area contributed by atoms with Crippen LogP contribution in [-0.2, 0) is 20.8 Å². The van der Waals surface area contributed by atoms with Crippen LogP contribution in [-0.4, -0.2) is 36.1 Å². The summed E-state index contributed by atoms with van der Waals surface area (Å²) in [5.41, 5.74) is 9.12. The molecule has 0 bridgehead atoms. The van der Waals surface area contributed by atoms with Crippen LogP contribution in [0.25, 0.3) is 10.4 Å². The summed E-state index contributed by atoms with van der Waals surface area (Å²) in [6, 6.07) is 18.0. The molecule has 0 heterocycles. The van der Waals surface area contributed by atoms with Gasteiger partial charge in [-0.2, -0.15) is 0 Å². The Balaban J connectivity index is 1.95. The zero-order valence-corrected chi connectivity index (χ0v) is 16.5. The number of amides is 2. The van der Waals surface area contributed by atoms with Crippen LogP contribution < -0.4 is 10.6 Å². The van der Waals surface area contributed by atoms with Crippen LogP contribution in [0.4, 0.5) is 0 Å². The van der Waals surface area contributed by atoms with Gasteiger partial charge in [0.2, 0.25) is 16.9 Å². The smallest absolute Gasteiger partial charge is 0.225 e. The van der Waals surface area contributed by atoms with Gasteiger partial charge in [0, 0.05) is 29.2 Å². The SMILES string of the molecule is [N-]=[N+]=NCC(=O)NCCC(=O)N[C@@H](Cc1ccccc1)C(=O)Sc1ccccc1. The molecule has 0 unspecified atom stereocenters. The number of rotatable bonds is 10. The second-order valence-electron chi connectivity index (χ2n) is 6.03. The summed E-state index contributed by atoms with van der Waals surface area (Å²) in [5.74, 6) is -0.816. The number of nitrogens with one attached hydrogen (secondary N) is 2. The average Bonchev–Trinajstić information content (AvgIpc) is 2.73. The lowest BCUT2D eigenvalue weighted by Gasteiger charge is -2.17. The van der Waals surface area contributed by atoms with Crippen molar-refractivity contribution in [2.75, 3.05) is 13.1 Å². The van der Waals surface area contributed by atoms with Gasteiger partial charge in [0.25, 0.3) is 0 Å². The van der Waals surface area contributed by atoms with Gasteiger partial charge in [-0.25, -0.2) is 0 Å². The molecule has 0 fully saturated rings. The van der Waals surface area contributed by atoms with Crippen molar-refractivity contribution in [1.82, 2.24) is 10.6 Å². The van der Waals surface area contributed by atoms with Crippen LogP contribution in [0.2, 0.25) is 0 Å². The van der Waals surface area contributed by atoms with Gasteiger partial charge in [-0.15, -0.1) is 0 Å². The highest BCUT2D eigenvalue weighted by Gasteiger charge is 2.22. The number of carbonyl (C=O) groups is 3. The van der Waals surface area contributed by atoms with Gasteiger partial charge >= 0.3 is 0 Å². The molecule has 0 radical (unpaired) electrons. The Kier molecular flexibility index (Phi) is 9.28. The lowest BCUT2D eigenvalue weighted by atomic mass is 10.1. The molecular formula is C20H21N5O3S. The van der Waals surface area contributed by atoms with Gasteiger partial charge < -0.3 is 10.6 Å². The molecule has 2 N–H and O–H groups in total. The molecule has 0 saturated carbocycles. The zero-order valence-electron chi connectivity index (χ0n) is 15.7. The van der Waals surface area contributed by atoms with Gasteiger partial charge in [0.15, 0.2) is 0 Å². The number of thioether (sulfide) groups is 1. The second-order valence-corrected chi connectivity index (χ2v) is 7.11. The van der Waals surface area contributed by atoms with E-state index >= 15 is 0 Å². The van der Waals surface area contributed by atoms with Crippen LogP contribution in [0.5, 0.6) is 0 Å². The third-order valence-corrected chi connectivity index (χ3v) is 4.81. The minimum Gasteiger partial charge on any atom is -0.355 e. The first kappa shape index (κ1) is 22.0. The number of carbonyl (C=O) groups excluding carboxylic acids is 3. The van der Waals surface area contributed by atoms with Crippen LogP contribution in [0.15, 0.2) is 70.7 Å². The lowest BCUT2D eigenvalue weighted by molar-refractivity contribution is -0.125. The summed E-state index contributed by atoms with van der Waals surface area (Å²) in [4.78, 5) is 39.8. The summed E-state index contributed by atoms with van der Waals surface area (Å²) in [6.07, 6.45) is 0.380. The normalized spacial score (nSPS) is 11.0. The Hall–Kier alpha value is -3.29. The van der Waals surface area contributed by atoms with Crippen LogP contribution >= 0.6 is 11.8 Å². The van der Waals surface area contributed by atoms with E-state index in [0.29, 0.717) is 6.42 Å². The molecule has 8 nitrogen and oxygen atoms in total. The third kappa shape index (κ3) is 8.50. The fourth-order valence-electron chi connectivity index (χ4n) is 2.45. The maximum absolute atomic E-state index is 12.8.